The second-order valence-corrected chi connectivity index (χ2v) is 4.64. The molecule has 0 unspecified atom stereocenters. The summed E-state index contributed by atoms with van der Waals surface area (Å²) < 4.78 is 0. The SMILES string of the molecule is C[C@@H]1CN(C)[C@@H](C)C[C@@H]1NCCCO. The molecule has 2 N–H and O–H groups in total. The van der Waals surface area contributed by atoms with E-state index in [0.29, 0.717) is 18.7 Å². The first-order valence-corrected chi connectivity index (χ1v) is 5.69. The highest BCUT2D eigenvalue weighted by molar-refractivity contribution is 4.85. The van der Waals surface area contributed by atoms with E-state index in [0.717, 1.165) is 18.9 Å². The Hall–Kier alpha value is -0.120. The Bertz CT molecular complexity index is 163. The first kappa shape index (κ1) is 12.0. The van der Waals surface area contributed by atoms with Crippen LogP contribution in [0.1, 0.15) is 26.7 Å². The summed E-state index contributed by atoms with van der Waals surface area (Å²) in [6, 6.07) is 1.31. The molecular formula is C11H24N2O. The van der Waals surface area contributed by atoms with Gasteiger partial charge in [-0.2, -0.15) is 0 Å². The largest absolute Gasteiger partial charge is 0.396 e. The van der Waals surface area contributed by atoms with Gasteiger partial charge in [-0.3, -0.25) is 0 Å². The molecule has 0 aromatic heterocycles. The fraction of sp³-hybridized carbons (Fsp3) is 1.00. The molecule has 1 fully saturated rings. The van der Waals surface area contributed by atoms with Crippen LogP contribution in [-0.4, -0.2) is 48.8 Å². The number of rotatable bonds is 4. The summed E-state index contributed by atoms with van der Waals surface area (Å²) in [5, 5.41) is 12.2. The molecule has 0 spiro atoms. The molecule has 3 nitrogen and oxygen atoms in total. The lowest BCUT2D eigenvalue weighted by molar-refractivity contribution is 0.120. The van der Waals surface area contributed by atoms with Crippen molar-refractivity contribution in [3.63, 3.8) is 0 Å². The van der Waals surface area contributed by atoms with Crippen LogP contribution in [-0.2, 0) is 0 Å². The van der Waals surface area contributed by atoms with Gasteiger partial charge in [-0.1, -0.05) is 6.92 Å². The van der Waals surface area contributed by atoms with Gasteiger partial charge in [-0.05, 0) is 39.3 Å². The van der Waals surface area contributed by atoms with Crippen molar-refractivity contribution in [1.29, 1.82) is 0 Å². The Morgan fingerprint density at radius 2 is 2.14 bits per heavy atom. The van der Waals surface area contributed by atoms with E-state index in [1.165, 1.54) is 13.0 Å². The summed E-state index contributed by atoms with van der Waals surface area (Å²) in [7, 11) is 2.20. The second-order valence-electron chi connectivity index (χ2n) is 4.64. The van der Waals surface area contributed by atoms with E-state index in [4.69, 9.17) is 5.11 Å². The average molecular weight is 200 g/mol. The van der Waals surface area contributed by atoms with E-state index in [1.54, 1.807) is 0 Å². The van der Waals surface area contributed by atoms with Crippen molar-refractivity contribution in [2.24, 2.45) is 5.92 Å². The number of nitrogens with one attached hydrogen (secondary N) is 1. The molecular weight excluding hydrogens is 176 g/mol. The highest BCUT2D eigenvalue weighted by Gasteiger charge is 2.27. The van der Waals surface area contributed by atoms with E-state index < -0.39 is 0 Å². The van der Waals surface area contributed by atoms with Crippen molar-refractivity contribution in [3.8, 4) is 0 Å². The molecule has 1 rings (SSSR count). The highest BCUT2D eigenvalue weighted by atomic mass is 16.3. The molecule has 14 heavy (non-hydrogen) atoms. The van der Waals surface area contributed by atoms with Crippen LogP contribution in [0.4, 0.5) is 0 Å². The molecule has 1 aliphatic heterocycles. The van der Waals surface area contributed by atoms with Gasteiger partial charge in [0.25, 0.3) is 0 Å². The molecule has 3 atom stereocenters. The smallest absolute Gasteiger partial charge is 0.0443 e. The van der Waals surface area contributed by atoms with E-state index in [1.807, 2.05) is 0 Å². The van der Waals surface area contributed by atoms with Gasteiger partial charge in [-0.15, -0.1) is 0 Å². The van der Waals surface area contributed by atoms with E-state index in [2.05, 4.69) is 31.1 Å². The minimum absolute atomic E-state index is 0.295. The third kappa shape index (κ3) is 3.23. The van der Waals surface area contributed by atoms with Crippen molar-refractivity contribution in [3.05, 3.63) is 0 Å². The van der Waals surface area contributed by atoms with Gasteiger partial charge < -0.3 is 15.3 Å². The van der Waals surface area contributed by atoms with Gasteiger partial charge in [0.05, 0.1) is 0 Å². The van der Waals surface area contributed by atoms with Crippen LogP contribution in [0.15, 0.2) is 0 Å². The lowest BCUT2D eigenvalue weighted by atomic mass is 9.90. The highest BCUT2D eigenvalue weighted by Crippen LogP contribution is 2.20. The minimum Gasteiger partial charge on any atom is -0.396 e. The lowest BCUT2D eigenvalue weighted by Gasteiger charge is -2.40. The first-order chi connectivity index (χ1) is 6.65. The van der Waals surface area contributed by atoms with Gasteiger partial charge in [0.2, 0.25) is 0 Å². The Morgan fingerprint density at radius 3 is 2.79 bits per heavy atom. The standard InChI is InChI=1S/C11H24N2O/c1-9-8-13(3)10(2)7-11(9)12-5-4-6-14/h9-12,14H,4-8H2,1-3H3/t9-,10+,11+/m1/s1. The van der Waals surface area contributed by atoms with Crippen molar-refractivity contribution in [2.45, 2.75) is 38.8 Å². The Kier molecular flexibility index (Phi) is 4.85. The predicted octanol–water partition coefficient (Wildman–Crippen LogP) is 0.687. The van der Waals surface area contributed by atoms with Gasteiger partial charge in [0.15, 0.2) is 0 Å². The molecule has 84 valence electrons. The molecule has 0 aromatic carbocycles. The third-order valence-corrected chi connectivity index (χ3v) is 3.35. The van der Waals surface area contributed by atoms with E-state index in [-0.39, 0.29) is 0 Å². The molecule has 0 aromatic rings. The second kappa shape index (κ2) is 5.69. The zero-order valence-corrected chi connectivity index (χ0v) is 9.66. The molecule has 3 heteroatoms. The normalized spacial score (nSPS) is 34.7. The molecule has 0 bridgehead atoms. The molecule has 0 saturated carbocycles. The summed E-state index contributed by atoms with van der Waals surface area (Å²) in [5.41, 5.74) is 0. The fourth-order valence-electron chi connectivity index (χ4n) is 2.19. The van der Waals surface area contributed by atoms with Crippen molar-refractivity contribution >= 4 is 0 Å². The van der Waals surface area contributed by atoms with E-state index >= 15 is 0 Å². The number of piperidine rings is 1. The van der Waals surface area contributed by atoms with Crippen LogP contribution >= 0.6 is 0 Å². The Labute approximate surface area is 87.5 Å². The molecule has 1 aliphatic rings. The Morgan fingerprint density at radius 1 is 1.43 bits per heavy atom. The number of likely N-dealkylation sites (tertiary alicyclic amines) is 1. The third-order valence-electron chi connectivity index (χ3n) is 3.35. The number of hydrogen-bond donors (Lipinski definition) is 2. The monoisotopic (exact) mass is 200 g/mol. The summed E-state index contributed by atoms with van der Waals surface area (Å²) in [5.74, 6) is 0.717. The first-order valence-electron chi connectivity index (χ1n) is 5.69. The summed E-state index contributed by atoms with van der Waals surface area (Å²) in [6.45, 7) is 7.01. The minimum atomic E-state index is 0.295. The predicted molar refractivity (Wildman–Crippen MR) is 59.4 cm³/mol. The van der Waals surface area contributed by atoms with Gasteiger partial charge >= 0.3 is 0 Å². The zero-order valence-electron chi connectivity index (χ0n) is 9.66. The zero-order chi connectivity index (χ0) is 10.6. The number of aliphatic hydroxyl groups is 1. The van der Waals surface area contributed by atoms with Gasteiger partial charge in [-0.25, -0.2) is 0 Å². The Balaban J connectivity index is 2.29. The van der Waals surface area contributed by atoms with Crippen LogP contribution in [0.2, 0.25) is 0 Å². The topological polar surface area (TPSA) is 35.5 Å². The van der Waals surface area contributed by atoms with Crippen LogP contribution in [0.3, 0.4) is 0 Å². The van der Waals surface area contributed by atoms with Crippen LogP contribution < -0.4 is 5.32 Å². The maximum Gasteiger partial charge on any atom is 0.0443 e. The molecule has 1 saturated heterocycles. The molecule has 1 heterocycles. The number of aliphatic hydroxyl groups excluding tert-OH is 1. The number of nitrogens with zero attached hydrogens (tertiary/aromatic N) is 1. The summed E-state index contributed by atoms with van der Waals surface area (Å²) in [6.07, 6.45) is 2.09. The average Bonchev–Trinajstić information content (AvgIpc) is 2.14. The van der Waals surface area contributed by atoms with E-state index in [9.17, 15) is 0 Å². The van der Waals surface area contributed by atoms with Crippen molar-refractivity contribution < 1.29 is 5.11 Å². The molecule has 0 aliphatic carbocycles. The maximum absolute atomic E-state index is 8.71. The van der Waals surface area contributed by atoms with Crippen LogP contribution in [0.25, 0.3) is 0 Å². The van der Waals surface area contributed by atoms with Gasteiger partial charge in [0.1, 0.15) is 0 Å². The fourth-order valence-corrected chi connectivity index (χ4v) is 2.19. The lowest BCUT2D eigenvalue weighted by Crippen LogP contribution is -2.51. The maximum atomic E-state index is 8.71. The van der Waals surface area contributed by atoms with Gasteiger partial charge in [0, 0.05) is 25.2 Å². The molecule has 0 radical (unpaired) electrons. The van der Waals surface area contributed by atoms with Crippen molar-refractivity contribution in [1.82, 2.24) is 10.2 Å². The van der Waals surface area contributed by atoms with Crippen LogP contribution in [0, 0.1) is 5.92 Å². The molecule has 0 amide bonds. The summed E-state index contributed by atoms with van der Waals surface area (Å²) >= 11 is 0. The summed E-state index contributed by atoms with van der Waals surface area (Å²) in [4.78, 5) is 2.43. The quantitative estimate of drug-likeness (QED) is 0.655. The van der Waals surface area contributed by atoms with Crippen LogP contribution in [0.5, 0.6) is 0 Å². The number of hydrogen-bond acceptors (Lipinski definition) is 3. The van der Waals surface area contributed by atoms with Crippen molar-refractivity contribution in [2.75, 3.05) is 26.7 Å².